The topological polar surface area (TPSA) is 69.6 Å². The third kappa shape index (κ3) is 3.72. The molecule has 5 heteroatoms. The fourth-order valence-electron chi connectivity index (χ4n) is 3.33. The van der Waals surface area contributed by atoms with E-state index in [1.165, 1.54) is 0 Å². The molecule has 130 valence electrons. The van der Waals surface area contributed by atoms with E-state index in [0.717, 1.165) is 11.4 Å². The van der Waals surface area contributed by atoms with Gasteiger partial charge in [0, 0.05) is 17.8 Å². The summed E-state index contributed by atoms with van der Waals surface area (Å²) in [5.74, 6) is -1.08. The van der Waals surface area contributed by atoms with Gasteiger partial charge in [-0.2, -0.15) is 0 Å². The minimum absolute atomic E-state index is 0.00615. The van der Waals surface area contributed by atoms with E-state index >= 15 is 0 Å². The fraction of sp³-hybridized carbons (Fsp3) is 0.300. The van der Waals surface area contributed by atoms with Crippen LogP contribution in [0.15, 0.2) is 60.7 Å². The smallest absolute Gasteiger partial charge is 0.310 e. The molecule has 1 fully saturated rings. The SMILES string of the molecule is O=C(CC1(C(=O)O)CCNCC1)N(c1ccccc1)c1ccccc1. The minimum atomic E-state index is -0.996. The van der Waals surface area contributed by atoms with Crippen LogP contribution in [0.5, 0.6) is 0 Å². The Balaban J connectivity index is 1.93. The van der Waals surface area contributed by atoms with Gasteiger partial charge in [-0.15, -0.1) is 0 Å². The second-order valence-corrected chi connectivity index (χ2v) is 6.41. The number of carboxylic acid groups (broad SMARTS) is 1. The number of carbonyl (C=O) groups excluding carboxylic acids is 1. The van der Waals surface area contributed by atoms with Crippen LogP contribution in [0.1, 0.15) is 19.3 Å². The first-order valence-electron chi connectivity index (χ1n) is 8.50. The van der Waals surface area contributed by atoms with E-state index in [1.54, 1.807) is 4.90 Å². The number of hydrogen-bond acceptors (Lipinski definition) is 3. The average Bonchev–Trinajstić information content (AvgIpc) is 2.64. The van der Waals surface area contributed by atoms with Gasteiger partial charge in [-0.1, -0.05) is 36.4 Å². The van der Waals surface area contributed by atoms with Crippen molar-refractivity contribution in [3.63, 3.8) is 0 Å². The molecule has 0 spiro atoms. The summed E-state index contributed by atoms with van der Waals surface area (Å²) in [5.41, 5.74) is 0.491. The number of benzene rings is 2. The Bertz CT molecular complexity index is 686. The number of amides is 1. The van der Waals surface area contributed by atoms with E-state index in [-0.39, 0.29) is 12.3 Å². The number of aliphatic carboxylic acids is 1. The van der Waals surface area contributed by atoms with Crippen molar-refractivity contribution in [3.8, 4) is 0 Å². The van der Waals surface area contributed by atoms with Gasteiger partial charge in [-0.25, -0.2) is 0 Å². The highest BCUT2D eigenvalue weighted by Crippen LogP contribution is 2.36. The van der Waals surface area contributed by atoms with E-state index in [0.29, 0.717) is 25.9 Å². The number of carbonyl (C=O) groups is 2. The number of para-hydroxylation sites is 2. The Morgan fingerprint density at radius 2 is 1.40 bits per heavy atom. The molecule has 0 atom stereocenters. The Labute approximate surface area is 147 Å². The van der Waals surface area contributed by atoms with Crippen molar-refractivity contribution < 1.29 is 14.7 Å². The molecule has 0 bridgehead atoms. The summed E-state index contributed by atoms with van der Waals surface area (Å²) >= 11 is 0. The lowest BCUT2D eigenvalue weighted by atomic mass is 9.76. The van der Waals surface area contributed by atoms with E-state index < -0.39 is 11.4 Å². The molecule has 3 rings (SSSR count). The van der Waals surface area contributed by atoms with Crippen LogP contribution in [0.2, 0.25) is 0 Å². The van der Waals surface area contributed by atoms with Gasteiger partial charge in [-0.05, 0) is 50.2 Å². The molecular formula is C20H22N2O3. The van der Waals surface area contributed by atoms with Crippen molar-refractivity contribution in [2.45, 2.75) is 19.3 Å². The summed E-state index contributed by atoms with van der Waals surface area (Å²) in [6, 6.07) is 18.7. The number of nitrogens with zero attached hydrogens (tertiary/aromatic N) is 1. The Morgan fingerprint density at radius 1 is 0.920 bits per heavy atom. The molecule has 5 nitrogen and oxygen atoms in total. The number of rotatable bonds is 5. The molecule has 1 amide bonds. The van der Waals surface area contributed by atoms with Gasteiger partial charge >= 0.3 is 5.97 Å². The Kier molecular flexibility index (Phi) is 5.14. The molecule has 1 saturated heterocycles. The first-order valence-corrected chi connectivity index (χ1v) is 8.50. The van der Waals surface area contributed by atoms with E-state index in [1.807, 2.05) is 60.7 Å². The molecule has 0 radical (unpaired) electrons. The molecule has 0 saturated carbocycles. The molecule has 1 aliphatic heterocycles. The number of hydrogen-bond donors (Lipinski definition) is 2. The second kappa shape index (κ2) is 7.49. The van der Waals surface area contributed by atoms with Crippen LogP contribution in [-0.2, 0) is 9.59 Å². The maximum Gasteiger partial charge on any atom is 0.310 e. The van der Waals surface area contributed by atoms with Crippen molar-refractivity contribution in [1.29, 1.82) is 0 Å². The third-order valence-electron chi connectivity index (χ3n) is 4.78. The Morgan fingerprint density at radius 3 is 1.84 bits per heavy atom. The first kappa shape index (κ1) is 17.2. The molecule has 0 aliphatic carbocycles. The van der Waals surface area contributed by atoms with Crippen molar-refractivity contribution in [3.05, 3.63) is 60.7 Å². The highest BCUT2D eigenvalue weighted by molar-refractivity contribution is 6.02. The van der Waals surface area contributed by atoms with E-state index in [4.69, 9.17) is 0 Å². The summed E-state index contributed by atoms with van der Waals surface area (Å²) < 4.78 is 0. The van der Waals surface area contributed by atoms with Gasteiger partial charge in [-0.3, -0.25) is 14.5 Å². The average molecular weight is 338 g/mol. The molecular weight excluding hydrogens is 316 g/mol. The fourth-order valence-corrected chi connectivity index (χ4v) is 3.33. The zero-order valence-corrected chi connectivity index (χ0v) is 14.0. The summed E-state index contributed by atoms with van der Waals surface area (Å²) in [5, 5.41) is 12.9. The molecule has 0 unspecified atom stereocenters. The minimum Gasteiger partial charge on any atom is -0.481 e. The van der Waals surface area contributed by atoms with Crippen molar-refractivity contribution in [1.82, 2.24) is 5.32 Å². The monoisotopic (exact) mass is 338 g/mol. The lowest BCUT2D eigenvalue weighted by Crippen LogP contribution is -2.45. The number of piperidine rings is 1. The van der Waals surface area contributed by atoms with Crippen molar-refractivity contribution in [2.24, 2.45) is 5.41 Å². The molecule has 1 heterocycles. The predicted molar refractivity (Wildman–Crippen MR) is 96.8 cm³/mol. The molecule has 25 heavy (non-hydrogen) atoms. The van der Waals surface area contributed by atoms with Crippen LogP contribution >= 0.6 is 0 Å². The first-order chi connectivity index (χ1) is 12.1. The standard InChI is InChI=1S/C20H22N2O3/c23-18(15-20(19(24)25)11-13-21-14-12-20)22(16-7-3-1-4-8-16)17-9-5-2-6-10-17/h1-10,21H,11-15H2,(H,24,25). The van der Waals surface area contributed by atoms with Crippen molar-refractivity contribution >= 4 is 23.3 Å². The molecule has 0 aromatic heterocycles. The van der Waals surface area contributed by atoms with Crippen LogP contribution in [0, 0.1) is 5.41 Å². The number of nitrogens with one attached hydrogen (secondary N) is 1. The Hall–Kier alpha value is -2.66. The molecule has 2 aromatic carbocycles. The summed E-state index contributed by atoms with van der Waals surface area (Å²) in [6.45, 7) is 1.24. The predicted octanol–water partition coefficient (Wildman–Crippen LogP) is 3.20. The van der Waals surface area contributed by atoms with Gasteiger partial charge in [0.05, 0.1) is 5.41 Å². The molecule has 2 aromatic rings. The normalized spacial score (nSPS) is 16.2. The highest BCUT2D eigenvalue weighted by Gasteiger charge is 2.42. The van der Waals surface area contributed by atoms with Gasteiger partial charge < -0.3 is 10.4 Å². The van der Waals surface area contributed by atoms with Gasteiger partial charge in [0.1, 0.15) is 0 Å². The van der Waals surface area contributed by atoms with Gasteiger partial charge in [0.2, 0.25) is 5.91 Å². The van der Waals surface area contributed by atoms with Crippen LogP contribution < -0.4 is 10.2 Å². The lowest BCUT2D eigenvalue weighted by Gasteiger charge is -2.35. The van der Waals surface area contributed by atoms with Crippen LogP contribution in [0.25, 0.3) is 0 Å². The zero-order valence-electron chi connectivity index (χ0n) is 14.0. The number of carboxylic acids is 1. The van der Waals surface area contributed by atoms with Gasteiger partial charge in [0.15, 0.2) is 0 Å². The molecule has 1 aliphatic rings. The third-order valence-corrected chi connectivity index (χ3v) is 4.78. The van der Waals surface area contributed by atoms with Crippen LogP contribution in [-0.4, -0.2) is 30.1 Å². The summed E-state index contributed by atoms with van der Waals surface area (Å²) in [6.07, 6.45) is 0.921. The van der Waals surface area contributed by atoms with Crippen LogP contribution in [0.3, 0.4) is 0 Å². The van der Waals surface area contributed by atoms with E-state index in [9.17, 15) is 14.7 Å². The quantitative estimate of drug-likeness (QED) is 0.878. The summed E-state index contributed by atoms with van der Waals surface area (Å²) in [7, 11) is 0. The number of anilines is 2. The maximum absolute atomic E-state index is 13.2. The van der Waals surface area contributed by atoms with Crippen LogP contribution in [0.4, 0.5) is 11.4 Å². The lowest BCUT2D eigenvalue weighted by molar-refractivity contribution is -0.153. The highest BCUT2D eigenvalue weighted by atomic mass is 16.4. The van der Waals surface area contributed by atoms with Gasteiger partial charge in [0.25, 0.3) is 0 Å². The molecule has 2 N–H and O–H groups in total. The van der Waals surface area contributed by atoms with Crippen molar-refractivity contribution in [2.75, 3.05) is 18.0 Å². The zero-order chi connectivity index (χ0) is 17.7. The maximum atomic E-state index is 13.2. The largest absolute Gasteiger partial charge is 0.481 e. The second-order valence-electron chi connectivity index (χ2n) is 6.41. The summed E-state index contributed by atoms with van der Waals surface area (Å²) in [4.78, 5) is 26.7. The van der Waals surface area contributed by atoms with E-state index in [2.05, 4.69) is 5.32 Å².